The average molecular weight is 312 g/mol. The van der Waals surface area contributed by atoms with Crippen LogP contribution in [0.5, 0.6) is 5.75 Å². The first-order valence-corrected chi connectivity index (χ1v) is 6.60. The highest BCUT2D eigenvalue weighted by molar-refractivity contribution is 14.1. The smallest absolute Gasteiger partial charge is 0.119 e. The number of hydrogen-bond acceptors (Lipinski definition) is 1. The van der Waals surface area contributed by atoms with E-state index in [1.807, 2.05) is 6.07 Å². The van der Waals surface area contributed by atoms with Gasteiger partial charge >= 0.3 is 0 Å². The fourth-order valence-corrected chi connectivity index (χ4v) is 1.81. The van der Waals surface area contributed by atoms with Crippen molar-refractivity contribution in [3.8, 4) is 5.75 Å². The summed E-state index contributed by atoms with van der Waals surface area (Å²) in [4.78, 5) is 0. The maximum Gasteiger partial charge on any atom is 0.119 e. The lowest BCUT2D eigenvalue weighted by Gasteiger charge is -2.05. The zero-order chi connectivity index (χ0) is 10.5. The lowest BCUT2D eigenvalue weighted by atomic mass is 10.1. The highest BCUT2D eigenvalue weighted by atomic mass is 127. The predicted molar refractivity (Wildman–Crippen MR) is 72.9 cm³/mol. The van der Waals surface area contributed by atoms with Crippen LogP contribution in [-0.4, -0.2) is 11.0 Å². The Morgan fingerprint density at radius 3 is 2.60 bits per heavy atom. The Balaban J connectivity index is 2.16. The zero-order valence-corrected chi connectivity index (χ0v) is 10.6. The second kappa shape index (κ2) is 5.35. The number of rotatable bonds is 4. The van der Waals surface area contributed by atoms with E-state index in [4.69, 9.17) is 4.74 Å². The predicted octanol–water partition coefficient (Wildman–Crippen LogP) is 4.04. The number of alkyl halides is 1. The average Bonchev–Trinajstić information content (AvgIpc) is 2.29. The van der Waals surface area contributed by atoms with Gasteiger partial charge in [0.2, 0.25) is 0 Å². The summed E-state index contributed by atoms with van der Waals surface area (Å²) in [6.07, 6.45) is 1.10. The van der Waals surface area contributed by atoms with Gasteiger partial charge in [-0.1, -0.05) is 52.9 Å². The molecule has 0 bridgehead atoms. The van der Waals surface area contributed by atoms with Gasteiger partial charge in [0, 0.05) is 4.43 Å². The van der Waals surface area contributed by atoms with Crippen molar-refractivity contribution in [1.29, 1.82) is 0 Å². The molecule has 0 unspecified atom stereocenters. The summed E-state index contributed by atoms with van der Waals surface area (Å²) in [5, 5.41) is 2.50. The van der Waals surface area contributed by atoms with Crippen molar-refractivity contribution in [2.45, 2.75) is 6.42 Å². The molecule has 0 atom stereocenters. The van der Waals surface area contributed by atoms with E-state index in [0.717, 1.165) is 23.2 Å². The molecule has 0 aliphatic rings. The molecule has 2 aromatic carbocycles. The van der Waals surface area contributed by atoms with Crippen molar-refractivity contribution in [3.63, 3.8) is 0 Å². The van der Waals surface area contributed by atoms with Gasteiger partial charge in [-0.25, -0.2) is 0 Å². The maximum absolute atomic E-state index is 5.65. The molecule has 0 radical (unpaired) electrons. The highest BCUT2D eigenvalue weighted by Gasteiger charge is 1.96. The van der Waals surface area contributed by atoms with Gasteiger partial charge in [0.1, 0.15) is 5.75 Å². The summed E-state index contributed by atoms with van der Waals surface area (Å²) in [7, 11) is 0. The third kappa shape index (κ3) is 2.84. The summed E-state index contributed by atoms with van der Waals surface area (Å²) >= 11 is 2.36. The van der Waals surface area contributed by atoms with Crippen LogP contribution in [0.1, 0.15) is 6.42 Å². The lowest BCUT2D eigenvalue weighted by molar-refractivity contribution is 0.320. The van der Waals surface area contributed by atoms with Gasteiger partial charge in [-0.2, -0.15) is 0 Å². The van der Waals surface area contributed by atoms with Crippen LogP contribution in [0.15, 0.2) is 42.5 Å². The Morgan fingerprint density at radius 2 is 1.80 bits per heavy atom. The van der Waals surface area contributed by atoms with E-state index in [-0.39, 0.29) is 0 Å². The van der Waals surface area contributed by atoms with Gasteiger partial charge in [0.05, 0.1) is 6.61 Å². The topological polar surface area (TPSA) is 9.23 Å². The van der Waals surface area contributed by atoms with Crippen molar-refractivity contribution >= 4 is 33.4 Å². The molecule has 0 saturated carbocycles. The SMILES string of the molecule is ICCCOc1ccc2ccccc2c1. The van der Waals surface area contributed by atoms with Crippen LogP contribution in [-0.2, 0) is 0 Å². The van der Waals surface area contributed by atoms with Crippen LogP contribution < -0.4 is 4.74 Å². The minimum atomic E-state index is 0.807. The molecule has 2 rings (SSSR count). The fourth-order valence-electron chi connectivity index (χ4n) is 1.50. The Bertz CT molecular complexity index is 439. The number of fused-ring (bicyclic) bond motifs is 1. The molecule has 0 fully saturated rings. The first-order chi connectivity index (χ1) is 7.40. The molecule has 0 aliphatic heterocycles. The van der Waals surface area contributed by atoms with E-state index in [2.05, 4.69) is 59.0 Å². The summed E-state index contributed by atoms with van der Waals surface area (Å²) in [6, 6.07) is 14.6. The molecule has 0 spiro atoms. The second-order valence-corrected chi connectivity index (χ2v) is 4.48. The Kier molecular flexibility index (Phi) is 3.83. The number of halogens is 1. The first kappa shape index (κ1) is 10.7. The van der Waals surface area contributed by atoms with E-state index >= 15 is 0 Å². The van der Waals surface area contributed by atoms with Gasteiger partial charge in [0.25, 0.3) is 0 Å². The highest BCUT2D eigenvalue weighted by Crippen LogP contribution is 2.20. The third-order valence-electron chi connectivity index (χ3n) is 2.27. The van der Waals surface area contributed by atoms with E-state index < -0.39 is 0 Å². The molecule has 15 heavy (non-hydrogen) atoms. The first-order valence-electron chi connectivity index (χ1n) is 5.08. The van der Waals surface area contributed by atoms with Crippen molar-refractivity contribution in [1.82, 2.24) is 0 Å². The maximum atomic E-state index is 5.65. The van der Waals surface area contributed by atoms with E-state index in [1.54, 1.807) is 0 Å². The van der Waals surface area contributed by atoms with Crippen molar-refractivity contribution in [2.75, 3.05) is 11.0 Å². The Labute approximate surface area is 104 Å². The van der Waals surface area contributed by atoms with Gasteiger partial charge in [-0.05, 0) is 29.3 Å². The summed E-state index contributed by atoms with van der Waals surface area (Å²) < 4.78 is 6.79. The molecule has 78 valence electrons. The van der Waals surface area contributed by atoms with Crippen LogP contribution in [0.4, 0.5) is 0 Å². The normalized spacial score (nSPS) is 10.5. The zero-order valence-electron chi connectivity index (χ0n) is 8.45. The summed E-state index contributed by atoms with van der Waals surface area (Å²) in [5.74, 6) is 0.971. The second-order valence-electron chi connectivity index (χ2n) is 3.40. The van der Waals surface area contributed by atoms with Crippen molar-refractivity contribution in [3.05, 3.63) is 42.5 Å². The molecule has 0 aromatic heterocycles. The molecule has 1 nitrogen and oxygen atoms in total. The summed E-state index contributed by atoms with van der Waals surface area (Å²) in [5.41, 5.74) is 0. The molecule has 0 amide bonds. The van der Waals surface area contributed by atoms with Gasteiger partial charge in [-0.3, -0.25) is 0 Å². The molecular weight excluding hydrogens is 299 g/mol. The molecule has 0 N–H and O–H groups in total. The van der Waals surface area contributed by atoms with Crippen LogP contribution in [0.2, 0.25) is 0 Å². The van der Waals surface area contributed by atoms with Crippen molar-refractivity contribution < 1.29 is 4.74 Å². The van der Waals surface area contributed by atoms with E-state index in [0.29, 0.717) is 0 Å². The minimum absolute atomic E-state index is 0.807. The molecule has 2 aromatic rings. The van der Waals surface area contributed by atoms with Crippen LogP contribution >= 0.6 is 22.6 Å². The minimum Gasteiger partial charge on any atom is -0.494 e. The molecule has 0 aliphatic carbocycles. The molecule has 2 heteroatoms. The molecule has 0 saturated heterocycles. The number of ether oxygens (including phenoxy) is 1. The largest absolute Gasteiger partial charge is 0.494 e. The molecule has 0 heterocycles. The van der Waals surface area contributed by atoms with Crippen LogP contribution in [0, 0.1) is 0 Å². The standard InChI is InChI=1S/C13H13IO/c14-8-3-9-15-13-7-6-11-4-1-2-5-12(11)10-13/h1-2,4-7,10H,3,8-9H2. The van der Waals surface area contributed by atoms with Crippen molar-refractivity contribution in [2.24, 2.45) is 0 Å². The van der Waals surface area contributed by atoms with Crippen LogP contribution in [0.3, 0.4) is 0 Å². The Morgan fingerprint density at radius 1 is 1.00 bits per heavy atom. The summed E-state index contributed by atoms with van der Waals surface area (Å²) in [6.45, 7) is 0.807. The van der Waals surface area contributed by atoms with Crippen LogP contribution in [0.25, 0.3) is 10.8 Å². The van der Waals surface area contributed by atoms with Gasteiger partial charge in [-0.15, -0.1) is 0 Å². The number of benzene rings is 2. The fraction of sp³-hybridized carbons (Fsp3) is 0.231. The number of hydrogen-bond donors (Lipinski definition) is 0. The lowest BCUT2D eigenvalue weighted by Crippen LogP contribution is -1.97. The quantitative estimate of drug-likeness (QED) is 0.470. The van der Waals surface area contributed by atoms with E-state index in [9.17, 15) is 0 Å². The third-order valence-corrected chi connectivity index (χ3v) is 3.03. The van der Waals surface area contributed by atoms with E-state index in [1.165, 1.54) is 10.8 Å². The van der Waals surface area contributed by atoms with Gasteiger partial charge in [0.15, 0.2) is 0 Å². The monoisotopic (exact) mass is 312 g/mol. The van der Waals surface area contributed by atoms with Gasteiger partial charge < -0.3 is 4.74 Å². The Hall–Kier alpha value is -0.770. The molecular formula is C13H13IO.